The fourth-order valence-corrected chi connectivity index (χ4v) is 2.25. The van der Waals surface area contributed by atoms with Gasteiger partial charge in [-0.2, -0.15) is 10.2 Å². The quantitative estimate of drug-likeness (QED) is 0.742. The molecule has 0 saturated carbocycles. The standard InChI is InChI=1S/C19H13F2N3O3/c1-11-9-23-19(25)24-18(11)26-10-12-2-5-17(13(6-12)8-22)27-14-3-4-15(20)16(21)7-14/h2-7,9H,10H2,1H3,(H,23,24,25). The van der Waals surface area contributed by atoms with Crippen LogP contribution in [0.15, 0.2) is 47.4 Å². The molecule has 0 aliphatic carbocycles. The zero-order valence-corrected chi connectivity index (χ0v) is 14.1. The van der Waals surface area contributed by atoms with Gasteiger partial charge in [0.05, 0.1) is 5.56 Å². The predicted octanol–water partition coefficient (Wildman–Crippen LogP) is 3.60. The highest BCUT2D eigenvalue weighted by Gasteiger charge is 2.10. The van der Waals surface area contributed by atoms with Gasteiger partial charge in [0.1, 0.15) is 24.2 Å². The molecule has 3 aromatic rings. The lowest BCUT2D eigenvalue weighted by Gasteiger charge is -2.10. The van der Waals surface area contributed by atoms with E-state index in [1.165, 1.54) is 24.4 Å². The minimum atomic E-state index is -1.04. The van der Waals surface area contributed by atoms with Crippen LogP contribution in [0.5, 0.6) is 17.4 Å². The third-order valence-electron chi connectivity index (χ3n) is 3.61. The Balaban J connectivity index is 1.77. The normalized spacial score (nSPS) is 10.3. The van der Waals surface area contributed by atoms with Crippen molar-refractivity contribution >= 4 is 0 Å². The summed E-state index contributed by atoms with van der Waals surface area (Å²) in [7, 11) is 0. The third-order valence-corrected chi connectivity index (χ3v) is 3.61. The van der Waals surface area contributed by atoms with Crippen molar-refractivity contribution in [2.24, 2.45) is 0 Å². The second-order valence-corrected chi connectivity index (χ2v) is 5.60. The number of aryl methyl sites for hydroxylation is 1. The number of aromatic amines is 1. The maximum atomic E-state index is 13.3. The van der Waals surface area contributed by atoms with Crippen molar-refractivity contribution in [1.82, 2.24) is 9.97 Å². The number of hydrogen-bond donors (Lipinski definition) is 1. The first-order valence-electron chi connectivity index (χ1n) is 7.81. The second kappa shape index (κ2) is 7.66. The maximum Gasteiger partial charge on any atom is 0.348 e. The Morgan fingerprint density at radius 1 is 1.19 bits per heavy atom. The summed E-state index contributed by atoms with van der Waals surface area (Å²) < 4.78 is 37.3. The van der Waals surface area contributed by atoms with Crippen molar-refractivity contribution in [2.45, 2.75) is 13.5 Å². The molecule has 0 unspecified atom stereocenters. The van der Waals surface area contributed by atoms with Crippen LogP contribution in [0.4, 0.5) is 8.78 Å². The van der Waals surface area contributed by atoms with Gasteiger partial charge in [0, 0.05) is 17.8 Å². The highest BCUT2D eigenvalue weighted by atomic mass is 19.2. The van der Waals surface area contributed by atoms with Crippen LogP contribution in [0.2, 0.25) is 0 Å². The maximum absolute atomic E-state index is 13.3. The summed E-state index contributed by atoms with van der Waals surface area (Å²) in [5, 5.41) is 9.32. The molecule has 27 heavy (non-hydrogen) atoms. The van der Waals surface area contributed by atoms with E-state index in [0.717, 1.165) is 12.1 Å². The Labute approximate surface area is 152 Å². The van der Waals surface area contributed by atoms with Crippen LogP contribution < -0.4 is 15.2 Å². The minimum absolute atomic E-state index is 0.0673. The number of H-pyrrole nitrogens is 1. The Kier molecular flexibility index (Phi) is 5.13. The number of aromatic nitrogens is 2. The van der Waals surface area contributed by atoms with Crippen molar-refractivity contribution in [2.75, 3.05) is 0 Å². The Morgan fingerprint density at radius 2 is 2.00 bits per heavy atom. The lowest BCUT2D eigenvalue weighted by molar-refractivity contribution is 0.289. The molecule has 1 N–H and O–H groups in total. The molecule has 136 valence electrons. The van der Waals surface area contributed by atoms with E-state index < -0.39 is 17.3 Å². The summed E-state index contributed by atoms with van der Waals surface area (Å²) in [5.41, 5.74) is 0.971. The monoisotopic (exact) mass is 369 g/mol. The van der Waals surface area contributed by atoms with Crippen molar-refractivity contribution in [3.63, 3.8) is 0 Å². The SMILES string of the molecule is Cc1c[nH]c(=O)nc1OCc1ccc(Oc2ccc(F)c(F)c2)c(C#N)c1. The van der Waals surface area contributed by atoms with E-state index in [1.54, 1.807) is 13.0 Å². The summed E-state index contributed by atoms with van der Waals surface area (Å²) in [5.74, 6) is -1.58. The fourth-order valence-electron chi connectivity index (χ4n) is 2.25. The molecule has 0 saturated heterocycles. The van der Waals surface area contributed by atoms with Crippen molar-refractivity contribution < 1.29 is 18.3 Å². The van der Waals surface area contributed by atoms with Crippen LogP contribution in [0.1, 0.15) is 16.7 Å². The number of rotatable bonds is 5. The molecule has 1 heterocycles. The zero-order valence-electron chi connectivity index (χ0n) is 14.1. The first kappa shape index (κ1) is 18.1. The summed E-state index contributed by atoms with van der Waals surface area (Å²) in [6.07, 6.45) is 1.49. The molecular weight excluding hydrogens is 356 g/mol. The number of hydrogen-bond acceptors (Lipinski definition) is 5. The summed E-state index contributed by atoms with van der Waals surface area (Å²) in [6, 6.07) is 9.80. The molecule has 0 atom stereocenters. The molecular formula is C19H13F2N3O3. The lowest BCUT2D eigenvalue weighted by atomic mass is 10.1. The molecule has 0 aliphatic rings. The van der Waals surface area contributed by atoms with Gasteiger partial charge in [0.25, 0.3) is 0 Å². The average Bonchev–Trinajstić information content (AvgIpc) is 2.66. The molecule has 1 aromatic heterocycles. The molecule has 0 amide bonds. The molecule has 0 spiro atoms. The largest absolute Gasteiger partial charge is 0.472 e. The predicted molar refractivity (Wildman–Crippen MR) is 91.5 cm³/mol. The fraction of sp³-hybridized carbons (Fsp3) is 0.105. The van der Waals surface area contributed by atoms with Crippen LogP contribution in [0.25, 0.3) is 0 Å². The molecule has 0 bridgehead atoms. The van der Waals surface area contributed by atoms with Gasteiger partial charge in [0.15, 0.2) is 11.6 Å². The number of nitrogens with one attached hydrogen (secondary N) is 1. The van der Waals surface area contributed by atoms with E-state index >= 15 is 0 Å². The topological polar surface area (TPSA) is 88.0 Å². The molecule has 0 fully saturated rings. The number of nitrogens with zero attached hydrogens (tertiary/aromatic N) is 2. The van der Waals surface area contributed by atoms with E-state index in [9.17, 15) is 18.8 Å². The van der Waals surface area contributed by atoms with Gasteiger partial charge in [-0.1, -0.05) is 6.07 Å². The number of benzene rings is 2. The molecule has 8 heteroatoms. The summed E-state index contributed by atoms with van der Waals surface area (Å²) in [6.45, 7) is 1.81. The molecule has 6 nitrogen and oxygen atoms in total. The smallest absolute Gasteiger partial charge is 0.348 e. The molecule has 2 aromatic carbocycles. The van der Waals surface area contributed by atoms with E-state index in [4.69, 9.17) is 9.47 Å². The Bertz CT molecular complexity index is 1090. The van der Waals surface area contributed by atoms with Crippen LogP contribution in [0.3, 0.4) is 0 Å². The first-order chi connectivity index (χ1) is 13.0. The number of nitriles is 1. The van der Waals surface area contributed by atoms with E-state index in [2.05, 4.69) is 9.97 Å². The van der Waals surface area contributed by atoms with Crippen molar-refractivity contribution in [1.29, 1.82) is 5.26 Å². The van der Waals surface area contributed by atoms with Gasteiger partial charge in [-0.25, -0.2) is 13.6 Å². The third kappa shape index (κ3) is 4.27. The van der Waals surface area contributed by atoms with E-state index in [1.807, 2.05) is 6.07 Å². The average molecular weight is 369 g/mol. The van der Waals surface area contributed by atoms with Gasteiger partial charge in [-0.15, -0.1) is 0 Å². The van der Waals surface area contributed by atoms with Gasteiger partial charge in [-0.05, 0) is 36.8 Å². The van der Waals surface area contributed by atoms with Crippen LogP contribution >= 0.6 is 0 Å². The Morgan fingerprint density at radius 3 is 2.74 bits per heavy atom. The van der Waals surface area contributed by atoms with Crippen LogP contribution in [-0.4, -0.2) is 9.97 Å². The summed E-state index contributed by atoms with van der Waals surface area (Å²) >= 11 is 0. The van der Waals surface area contributed by atoms with Crippen molar-refractivity contribution in [3.8, 4) is 23.4 Å². The van der Waals surface area contributed by atoms with Crippen LogP contribution in [-0.2, 0) is 6.61 Å². The van der Waals surface area contributed by atoms with E-state index in [0.29, 0.717) is 11.1 Å². The van der Waals surface area contributed by atoms with Crippen LogP contribution in [0, 0.1) is 29.9 Å². The van der Waals surface area contributed by atoms with E-state index in [-0.39, 0.29) is 29.5 Å². The summed E-state index contributed by atoms with van der Waals surface area (Å²) in [4.78, 5) is 17.4. The van der Waals surface area contributed by atoms with Gasteiger partial charge in [-0.3, -0.25) is 0 Å². The molecule has 0 radical (unpaired) electrons. The second-order valence-electron chi connectivity index (χ2n) is 5.60. The minimum Gasteiger partial charge on any atom is -0.472 e. The zero-order chi connectivity index (χ0) is 19.4. The highest BCUT2D eigenvalue weighted by molar-refractivity contribution is 5.47. The van der Waals surface area contributed by atoms with Gasteiger partial charge >= 0.3 is 5.69 Å². The highest BCUT2D eigenvalue weighted by Crippen LogP contribution is 2.27. The molecule has 0 aliphatic heterocycles. The number of ether oxygens (including phenoxy) is 2. The number of halogens is 2. The molecule has 3 rings (SSSR count). The first-order valence-corrected chi connectivity index (χ1v) is 7.81. The Hall–Kier alpha value is -3.73. The van der Waals surface area contributed by atoms with Gasteiger partial charge < -0.3 is 14.5 Å². The van der Waals surface area contributed by atoms with Crippen molar-refractivity contribution in [3.05, 3.63) is 81.4 Å². The lowest BCUT2D eigenvalue weighted by Crippen LogP contribution is -2.12. The van der Waals surface area contributed by atoms with Gasteiger partial charge in [0.2, 0.25) is 5.88 Å².